The highest BCUT2D eigenvalue weighted by Gasteiger charge is 2.26. The van der Waals surface area contributed by atoms with Crippen LogP contribution in [0.25, 0.3) is 10.8 Å². The molecule has 1 aliphatic heterocycles. The molecule has 1 fully saturated rings. The van der Waals surface area contributed by atoms with Crippen LogP contribution in [0.5, 0.6) is 0 Å². The van der Waals surface area contributed by atoms with Crippen LogP contribution in [-0.4, -0.2) is 66.8 Å². The first-order chi connectivity index (χ1) is 16.8. The minimum absolute atomic E-state index is 0.0107. The number of benzene rings is 2. The lowest BCUT2D eigenvalue weighted by Crippen LogP contribution is -2.50. The Labute approximate surface area is 205 Å². The molecule has 183 valence electrons. The number of fused-ring (bicyclic) bond motifs is 1. The Morgan fingerprint density at radius 2 is 1.71 bits per heavy atom. The molecule has 1 aliphatic rings. The second-order valence-corrected chi connectivity index (χ2v) is 12.2. The standard InChI is InChI=1S/C26H30FN4O3Si/c1-35(2)15-5-8-24(32)30-11-13-31(14-12-30)26(34)21-16-18(9-10-22(21)27)17-23-19-6-3-4-7-20(19)25(33)29-28-23/h3-4,6-7,9-10,16H,5,8,11-15,17H2,1-2H3,(H,29,33). The molecule has 1 N–H and O–H groups in total. The Morgan fingerprint density at radius 3 is 2.43 bits per heavy atom. The van der Waals surface area contributed by atoms with Gasteiger partial charge in [0.15, 0.2) is 0 Å². The molecule has 2 aromatic carbocycles. The number of carbonyl (C=O) groups is 2. The third-order valence-electron chi connectivity index (χ3n) is 6.39. The van der Waals surface area contributed by atoms with E-state index in [-0.39, 0.29) is 31.7 Å². The van der Waals surface area contributed by atoms with Crippen molar-refractivity contribution >= 4 is 31.4 Å². The van der Waals surface area contributed by atoms with Gasteiger partial charge in [-0.1, -0.05) is 43.4 Å². The first kappa shape index (κ1) is 24.8. The van der Waals surface area contributed by atoms with Crippen LogP contribution in [0.1, 0.15) is 34.5 Å². The average molecular weight is 494 g/mol. The number of H-pyrrole nitrogens is 1. The van der Waals surface area contributed by atoms with Crippen LogP contribution >= 0.6 is 0 Å². The summed E-state index contributed by atoms with van der Waals surface area (Å²) in [5.41, 5.74) is 1.12. The summed E-state index contributed by atoms with van der Waals surface area (Å²) < 4.78 is 14.7. The van der Waals surface area contributed by atoms with Crippen molar-refractivity contribution in [2.75, 3.05) is 26.2 Å². The number of carbonyl (C=O) groups excluding carboxylic acids is 2. The molecule has 2 heterocycles. The summed E-state index contributed by atoms with van der Waals surface area (Å²) in [4.78, 5) is 41.1. The van der Waals surface area contributed by atoms with Gasteiger partial charge in [0.2, 0.25) is 5.91 Å². The zero-order chi connectivity index (χ0) is 24.9. The van der Waals surface area contributed by atoms with Gasteiger partial charge in [-0.25, -0.2) is 9.49 Å². The highest BCUT2D eigenvalue weighted by molar-refractivity contribution is 6.55. The highest BCUT2D eigenvalue weighted by Crippen LogP contribution is 2.20. The van der Waals surface area contributed by atoms with E-state index in [1.807, 2.05) is 12.1 Å². The van der Waals surface area contributed by atoms with E-state index in [4.69, 9.17) is 0 Å². The molecular formula is C26H30FN4O3Si. The van der Waals surface area contributed by atoms with Crippen molar-refractivity contribution in [2.45, 2.75) is 38.4 Å². The van der Waals surface area contributed by atoms with Gasteiger partial charge >= 0.3 is 0 Å². The van der Waals surface area contributed by atoms with Gasteiger partial charge in [-0.2, -0.15) is 5.10 Å². The number of nitrogens with one attached hydrogen (secondary N) is 1. The van der Waals surface area contributed by atoms with Crippen molar-refractivity contribution in [3.8, 4) is 0 Å². The second-order valence-electron chi connectivity index (χ2n) is 9.27. The number of hydrogen-bond acceptors (Lipinski definition) is 4. The molecule has 3 aromatic rings. The van der Waals surface area contributed by atoms with Crippen molar-refractivity contribution in [1.82, 2.24) is 20.0 Å². The molecule has 4 rings (SSSR count). The van der Waals surface area contributed by atoms with Gasteiger partial charge in [-0.05, 0) is 30.2 Å². The maximum absolute atomic E-state index is 14.7. The number of nitrogens with zero attached hydrogens (tertiary/aromatic N) is 3. The normalized spacial score (nSPS) is 14.1. The third kappa shape index (κ3) is 5.84. The quantitative estimate of drug-likeness (QED) is 0.511. The van der Waals surface area contributed by atoms with Gasteiger partial charge in [0.1, 0.15) is 5.82 Å². The van der Waals surface area contributed by atoms with Gasteiger partial charge in [0.05, 0.1) is 16.6 Å². The van der Waals surface area contributed by atoms with Crippen LogP contribution in [0, 0.1) is 5.82 Å². The molecule has 1 aromatic heterocycles. The van der Waals surface area contributed by atoms with Crippen LogP contribution in [0.4, 0.5) is 4.39 Å². The zero-order valence-electron chi connectivity index (χ0n) is 20.1. The molecule has 0 unspecified atom stereocenters. The predicted octanol–water partition coefficient (Wildman–Crippen LogP) is 3.47. The Bertz CT molecular complexity index is 1290. The Balaban J connectivity index is 1.43. The van der Waals surface area contributed by atoms with Crippen LogP contribution < -0.4 is 5.56 Å². The topological polar surface area (TPSA) is 86.4 Å². The third-order valence-corrected chi connectivity index (χ3v) is 7.75. The lowest BCUT2D eigenvalue weighted by molar-refractivity contribution is -0.132. The maximum atomic E-state index is 14.7. The van der Waals surface area contributed by atoms with Crippen molar-refractivity contribution in [2.24, 2.45) is 0 Å². The Hall–Kier alpha value is -3.33. The number of hydrogen-bond donors (Lipinski definition) is 1. The van der Waals surface area contributed by atoms with Crippen molar-refractivity contribution in [3.05, 3.63) is 75.5 Å². The molecule has 7 nitrogen and oxygen atoms in total. The van der Waals surface area contributed by atoms with Crippen molar-refractivity contribution in [3.63, 3.8) is 0 Å². The van der Waals surface area contributed by atoms with Gasteiger partial charge < -0.3 is 9.80 Å². The summed E-state index contributed by atoms with van der Waals surface area (Å²) in [5, 5.41) is 7.95. The van der Waals surface area contributed by atoms with Crippen molar-refractivity contribution in [1.29, 1.82) is 0 Å². The molecule has 35 heavy (non-hydrogen) atoms. The molecule has 0 aliphatic carbocycles. The number of halogens is 1. The molecule has 1 radical (unpaired) electrons. The smallest absolute Gasteiger partial charge is 0.272 e. The number of amides is 2. The summed E-state index contributed by atoms with van der Waals surface area (Å²) in [6.45, 7) is 6.19. The largest absolute Gasteiger partial charge is 0.339 e. The first-order valence-electron chi connectivity index (χ1n) is 11.9. The average Bonchev–Trinajstić information content (AvgIpc) is 2.86. The van der Waals surface area contributed by atoms with E-state index in [0.717, 1.165) is 23.4 Å². The highest BCUT2D eigenvalue weighted by atomic mass is 28.3. The summed E-state index contributed by atoms with van der Waals surface area (Å²) in [6.07, 6.45) is 1.81. The van der Waals surface area contributed by atoms with Crippen LogP contribution in [0.3, 0.4) is 0 Å². The van der Waals surface area contributed by atoms with Crippen LogP contribution in [0.2, 0.25) is 19.1 Å². The molecule has 1 saturated heterocycles. The van der Waals surface area contributed by atoms with E-state index in [2.05, 4.69) is 23.3 Å². The number of aromatic nitrogens is 2. The second kappa shape index (κ2) is 10.9. The van der Waals surface area contributed by atoms with E-state index in [0.29, 0.717) is 50.1 Å². The van der Waals surface area contributed by atoms with Crippen molar-refractivity contribution < 1.29 is 14.0 Å². The van der Waals surface area contributed by atoms with E-state index >= 15 is 0 Å². The van der Waals surface area contributed by atoms with E-state index in [1.165, 1.54) is 6.07 Å². The number of piperazine rings is 1. The molecule has 0 bridgehead atoms. The lowest BCUT2D eigenvalue weighted by Gasteiger charge is -2.35. The molecular weight excluding hydrogens is 463 g/mol. The van der Waals surface area contributed by atoms with Gasteiger partial charge in [-0.3, -0.25) is 14.4 Å². The van der Waals surface area contributed by atoms with E-state index in [9.17, 15) is 18.8 Å². The summed E-state index contributed by atoms with van der Waals surface area (Å²) in [7, 11) is -0.329. The molecule has 2 amide bonds. The maximum Gasteiger partial charge on any atom is 0.272 e. The predicted molar refractivity (Wildman–Crippen MR) is 136 cm³/mol. The summed E-state index contributed by atoms with van der Waals surface area (Å²) in [5.74, 6) is -0.817. The SMILES string of the molecule is C[Si](C)CCCC(=O)N1CCN(C(=O)c2cc(Cc3n[nH]c(=O)c4ccccc34)ccc2F)CC1. The van der Waals surface area contributed by atoms with Crippen LogP contribution in [-0.2, 0) is 11.2 Å². The van der Waals surface area contributed by atoms with Gasteiger partial charge in [-0.15, -0.1) is 0 Å². The Kier molecular flexibility index (Phi) is 7.75. The summed E-state index contributed by atoms with van der Waals surface area (Å²) >= 11 is 0. The fraction of sp³-hybridized carbons (Fsp3) is 0.385. The minimum atomic E-state index is -0.576. The van der Waals surface area contributed by atoms with Crippen LogP contribution in [0.15, 0.2) is 47.3 Å². The van der Waals surface area contributed by atoms with E-state index < -0.39 is 5.82 Å². The van der Waals surface area contributed by atoms with E-state index in [1.54, 1.807) is 34.1 Å². The fourth-order valence-corrected chi connectivity index (χ4v) is 5.31. The molecule has 9 heteroatoms. The summed E-state index contributed by atoms with van der Waals surface area (Å²) in [6, 6.07) is 12.8. The zero-order valence-corrected chi connectivity index (χ0v) is 21.1. The number of aromatic amines is 1. The lowest BCUT2D eigenvalue weighted by atomic mass is 10.0. The first-order valence-corrected chi connectivity index (χ1v) is 14.6. The monoisotopic (exact) mass is 493 g/mol. The van der Waals surface area contributed by atoms with Gasteiger partial charge in [0.25, 0.3) is 11.5 Å². The molecule has 0 spiro atoms. The Morgan fingerprint density at radius 1 is 1.03 bits per heavy atom. The molecule has 0 atom stereocenters. The molecule has 0 saturated carbocycles. The number of rotatable bonds is 7. The minimum Gasteiger partial charge on any atom is -0.339 e. The van der Waals surface area contributed by atoms with Gasteiger partial charge in [0, 0.05) is 53.2 Å². The fourth-order valence-electron chi connectivity index (χ4n) is 4.43.